The summed E-state index contributed by atoms with van der Waals surface area (Å²) in [6.45, 7) is 2.19. The Morgan fingerprint density at radius 3 is 2.89 bits per heavy atom. The van der Waals surface area contributed by atoms with Gasteiger partial charge < -0.3 is 10.7 Å². The number of fused-ring (bicyclic) bond motifs is 1. The molecule has 0 aliphatic rings. The fourth-order valence-electron chi connectivity index (χ4n) is 2.33. The smallest absolute Gasteiger partial charge is 0.138 e. The van der Waals surface area contributed by atoms with Crippen molar-refractivity contribution in [1.82, 2.24) is 9.97 Å². The van der Waals surface area contributed by atoms with Gasteiger partial charge in [0, 0.05) is 11.3 Å². The fraction of sp³-hybridized carbons (Fsp3) is 0.188. The summed E-state index contributed by atoms with van der Waals surface area (Å²) in [4.78, 5) is 7.95. The molecule has 19 heavy (non-hydrogen) atoms. The van der Waals surface area contributed by atoms with Gasteiger partial charge in [-0.2, -0.15) is 0 Å². The number of aryl methyl sites for hydroxylation is 1. The number of H-pyrrole nitrogens is 1. The van der Waals surface area contributed by atoms with Crippen molar-refractivity contribution in [2.75, 3.05) is 5.73 Å². The fourth-order valence-corrected chi connectivity index (χ4v) is 2.33. The molecule has 2 aromatic carbocycles. The molecule has 0 radical (unpaired) electrons. The first-order chi connectivity index (χ1) is 9.26. The van der Waals surface area contributed by atoms with E-state index in [9.17, 15) is 0 Å². The van der Waals surface area contributed by atoms with Gasteiger partial charge in [0.15, 0.2) is 0 Å². The normalized spacial score (nSPS) is 11.0. The molecule has 0 spiro atoms. The van der Waals surface area contributed by atoms with Crippen molar-refractivity contribution in [2.45, 2.75) is 19.8 Å². The summed E-state index contributed by atoms with van der Waals surface area (Å²) < 4.78 is 0. The van der Waals surface area contributed by atoms with E-state index in [0.29, 0.717) is 0 Å². The maximum atomic E-state index is 5.79. The lowest BCUT2D eigenvalue weighted by atomic mass is 10.1. The third-order valence-corrected chi connectivity index (χ3v) is 3.25. The van der Waals surface area contributed by atoms with Gasteiger partial charge in [-0.1, -0.05) is 31.5 Å². The van der Waals surface area contributed by atoms with Crippen LogP contribution in [0, 0.1) is 0 Å². The van der Waals surface area contributed by atoms with E-state index in [1.807, 2.05) is 18.2 Å². The van der Waals surface area contributed by atoms with Crippen LogP contribution in [0.25, 0.3) is 22.4 Å². The zero-order valence-electron chi connectivity index (χ0n) is 11.0. The van der Waals surface area contributed by atoms with E-state index in [2.05, 4.69) is 41.2 Å². The molecule has 3 heteroatoms. The maximum absolute atomic E-state index is 5.79. The van der Waals surface area contributed by atoms with Crippen LogP contribution in [0.5, 0.6) is 0 Å². The molecule has 3 nitrogen and oxygen atoms in total. The number of nitrogens with zero attached hydrogens (tertiary/aromatic N) is 1. The number of nitrogens with two attached hydrogens (primary N) is 1. The minimum absolute atomic E-state index is 0.752. The first-order valence-electron chi connectivity index (χ1n) is 6.61. The summed E-state index contributed by atoms with van der Waals surface area (Å²) >= 11 is 0. The quantitative estimate of drug-likeness (QED) is 0.696. The molecule has 96 valence electrons. The molecule has 3 aromatic rings. The molecule has 0 saturated heterocycles. The zero-order valence-corrected chi connectivity index (χ0v) is 11.0. The van der Waals surface area contributed by atoms with Crippen LogP contribution in [0.3, 0.4) is 0 Å². The van der Waals surface area contributed by atoms with Gasteiger partial charge in [-0.3, -0.25) is 0 Å². The number of rotatable bonds is 3. The van der Waals surface area contributed by atoms with Gasteiger partial charge in [0.2, 0.25) is 0 Å². The Bertz CT molecular complexity index is 713. The monoisotopic (exact) mass is 251 g/mol. The predicted octanol–water partition coefficient (Wildman–Crippen LogP) is 3.76. The standard InChI is InChI=1S/C16H17N3/c1-2-4-11-5-3-6-12(9-11)16-18-14-8-7-13(17)10-15(14)19-16/h3,5-10H,2,4,17H2,1H3,(H,18,19). The second kappa shape index (κ2) is 4.76. The average Bonchev–Trinajstić information content (AvgIpc) is 2.82. The molecule has 0 aliphatic carbocycles. The van der Waals surface area contributed by atoms with Crippen LogP contribution in [0.1, 0.15) is 18.9 Å². The highest BCUT2D eigenvalue weighted by atomic mass is 14.9. The lowest BCUT2D eigenvalue weighted by Gasteiger charge is -2.01. The number of anilines is 1. The van der Waals surface area contributed by atoms with E-state index in [4.69, 9.17) is 5.73 Å². The molecule has 0 unspecified atom stereocenters. The van der Waals surface area contributed by atoms with Crippen LogP contribution in [0.2, 0.25) is 0 Å². The van der Waals surface area contributed by atoms with Gasteiger partial charge in [0.1, 0.15) is 5.82 Å². The molecule has 0 aliphatic heterocycles. The first-order valence-corrected chi connectivity index (χ1v) is 6.61. The summed E-state index contributed by atoms with van der Waals surface area (Å²) in [5.41, 5.74) is 10.9. The van der Waals surface area contributed by atoms with Crippen molar-refractivity contribution in [2.24, 2.45) is 0 Å². The topological polar surface area (TPSA) is 54.7 Å². The molecule has 0 atom stereocenters. The molecule has 0 bridgehead atoms. The molecular weight excluding hydrogens is 234 g/mol. The van der Waals surface area contributed by atoms with Crippen molar-refractivity contribution < 1.29 is 0 Å². The van der Waals surface area contributed by atoms with Crippen molar-refractivity contribution >= 4 is 16.7 Å². The van der Waals surface area contributed by atoms with E-state index in [1.165, 1.54) is 5.56 Å². The van der Waals surface area contributed by atoms with Crippen molar-refractivity contribution in [1.29, 1.82) is 0 Å². The average molecular weight is 251 g/mol. The largest absolute Gasteiger partial charge is 0.399 e. The highest BCUT2D eigenvalue weighted by Crippen LogP contribution is 2.23. The molecule has 0 saturated carbocycles. The number of imidazole rings is 1. The van der Waals surface area contributed by atoms with Gasteiger partial charge in [-0.05, 0) is 36.2 Å². The van der Waals surface area contributed by atoms with Crippen LogP contribution in [0.15, 0.2) is 42.5 Å². The Kier molecular flexibility index (Phi) is 2.95. The SMILES string of the molecule is CCCc1cccc(-c2nc3ccc(N)cc3[nH]2)c1. The molecular formula is C16H17N3. The lowest BCUT2D eigenvalue weighted by molar-refractivity contribution is 0.922. The summed E-state index contributed by atoms with van der Waals surface area (Å²) in [6, 6.07) is 14.3. The van der Waals surface area contributed by atoms with E-state index in [0.717, 1.165) is 41.0 Å². The molecule has 0 fully saturated rings. The number of nitrogens with one attached hydrogen (secondary N) is 1. The summed E-state index contributed by atoms with van der Waals surface area (Å²) in [5.74, 6) is 0.901. The molecule has 1 aromatic heterocycles. The van der Waals surface area contributed by atoms with Crippen LogP contribution in [0.4, 0.5) is 5.69 Å². The number of hydrogen-bond acceptors (Lipinski definition) is 2. The number of aromatic amines is 1. The van der Waals surface area contributed by atoms with Crippen molar-refractivity contribution in [3.63, 3.8) is 0 Å². The first kappa shape index (κ1) is 11.8. The summed E-state index contributed by atoms with van der Waals surface area (Å²) in [6.07, 6.45) is 2.25. The zero-order chi connectivity index (χ0) is 13.2. The minimum atomic E-state index is 0.752. The van der Waals surface area contributed by atoms with E-state index in [1.54, 1.807) is 0 Å². The third-order valence-electron chi connectivity index (χ3n) is 3.25. The number of benzene rings is 2. The van der Waals surface area contributed by atoms with Gasteiger partial charge >= 0.3 is 0 Å². The van der Waals surface area contributed by atoms with E-state index < -0.39 is 0 Å². The Morgan fingerprint density at radius 2 is 2.05 bits per heavy atom. The Labute approximate surface area is 112 Å². The minimum Gasteiger partial charge on any atom is -0.399 e. The second-order valence-corrected chi connectivity index (χ2v) is 4.81. The highest BCUT2D eigenvalue weighted by Gasteiger charge is 2.06. The van der Waals surface area contributed by atoms with Crippen molar-refractivity contribution in [3.8, 4) is 11.4 Å². The Hall–Kier alpha value is -2.29. The molecule has 0 amide bonds. The van der Waals surface area contributed by atoms with Gasteiger partial charge in [0.25, 0.3) is 0 Å². The van der Waals surface area contributed by atoms with E-state index >= 15 is 0 Å². The number of hydrogen-bond donors (Lipinski definition) is 2. The molecule has 3 N–H and O–H groups in total. The van der Waals surface area contributed by atoms with Crippen LogP contribution in [-0.4, -0.2) is 9.97 Å². The predicted molar refractivity (Wildman–Crippen MR) is 79.9 cm³/mol. The number of aromatic nitrogens is 2. The highest BCUT2D eigenvalue weighted by molar-refractivity contribution is 5.82. The Balaban J connectivity index is 2.05. The maximum Gasteiger partial charge on any atom is 0.138 e. The Morgan fingerprint density at radius 1 is 1.16 bits per heavy atom. The summed E-state index contributed by atoms with van der Waals surface area (Å²) in [7, 11) is 0. The van der Waals surface area contributed by atoms with Crippen LogP contribution in [-0.2, 0) is 6.42 Å². The van der Waals surface area contributed by atoms with Crippen molar-refractivity contribution in [3.05, 3.63) is 48.0 Å². The molecule has 3 rings (SSSR count). The summed E-state index contributed by atoms with van der Waals surface area (Å²) in [5, 5.41) is 0. The number of nitrogen functional groups attached to an aromatic ring is 1. The second-order valence-electron chi connectivity index (χ2n) is 4.81. The third kappa shape index (κ3) is 2.32. The van der Waals surface area contributed by atoms with Gasteiger partial charge in [-0.25, -0.2) is 4.98 Å². The lowest BCUT2D eigenvalue weighted by Crippen LogP contribution is -1.86. The van der Waals surface area contributed by atoms with Crippen LogP contribution >= 0.6 is 0 Å². The van der Waals surface area contributed by atoms with Gasteiger partial charge in [-0.15, -0.1) is 0 Å². The van der Waals surface area contributed by atoms with Gasteiger partial charge in [0.05, 0.1) is 11.0 Å². The molecule has 1 heterocycles. The van der Waals surface area contributed by atoms with E-state index in [-0.39, 0.29) is 0 Å². The van der Waals surface area contributed by atoms with Crippen LogP contribution < -0.4 is 5.73 Å².